The third kappa shape index (κ3) is 3.62. The van der Waals surface area contributed by atoms with E-state index < -0.39 is 26.6 Å². The van der Waals surface area contributed by atoms with Crippen LogP contribution in [0, 0.1) is 35.6 Å². The highest BCUT2D eigenvalue weighted by Crippen LogP contribution is 2.27. The first-order chi connectivity index (χ1) is 10.6. The highest BCUT2D eigenvalue weighted by atomic mass is 32.2. The van der Waals surface area contributed by atoms with Crippen molar-refractivity contribution in [1.82, 2.24) is 0 Å². The van der Waals surface area contributed by atoms with Crippen LogP contribution in [0.15, 0.2) is 35.2 Å². The average Bonchev–Trinajstić information content (AvgIpc) is 2.39. The summed E-state index contributed by atoms with van der Waals surface area (Å²) in [5.74, 6) is -1.90. The zero-order chi connectivity index (χ0) is 17.4. The average molecular weight is 342 g/mol. The largest absolute Gasteiger partial charge is 0.279 e. The molecule has 122 valence electrons. The number of aryl methyl sites for hydroxylation is 1. The summed E-state index contributed by atoms with van der Waals surface area (Å²) in [6, 6.07) is 4.36. The van der Waals surface area contributed by atoms with Crippen molar-refractivity contribution in [2.24, 2.45) is 0 Å². The summed E-state index contributed by atoms with van der Waals surface area (Å²) in [5.41, 5.74) is 0.00919. The van der Waals surface area contributed by atoms with Gasteiger partial charge in [-0.05, 0) is 37.1 Å². The van der Waals surface area contributed by atoms with Crippen LogP contribution in [0.25, 0.3) is 0 Å². The summed E-state index contributed by atoms with van der Waals surface area (Å²) in [4.78, 5) is 9.84. The molecule has 2 aromatic rings. The number of hydrogen-bond acceptors (Lipinski definition) is 4. The molecule has 0 fully saturated rings. The lowest BCUT2D eigenvalue weighted by Crippen LogP contribution is -2.15. The number of sulfonamides is 1. The molecular weight excluding hydrogens is 330 g/mol. The Morgan fingerprint density at radius 1 is 1.04 bits per heavy atom. The van der Waals surface area contributed by atoms with Crippen LogP contribution in [0.5, 0.6) is 0 Å². The number of hydrogen-bond donors (Lipinski definition) is 1. The minimum absolute atomic E-state index is 0.306. The summed E-state index contributed by atoms with van der Waals surface area (Å²) in [5, 5.41) is 10.9. The Hall–Kier alpha value is -2.55. The quantitative estimate of drug-likeness (QED) is 0.682. The molecule has 0 aliphatic heterocycles. The van der Waals surface area contributed by atoms with E-state index in [1.54, 1.807) is 0 Å². The predicted octanol–water partition coefficient (Wildman–Crippen LogP) is 3.29. The molecule has 9 heteroatoms. The number of rotatable bonds is 4. The van der Waals surface area contributed by atoms with Crippen LogP contribution in [0.3, 0.4) is 0 Å². The van der Waals surface area contributed by atoms with Crippen molar-refractivity contribution >= 4 is 21.4 Å². The van der Waals surface area contributed by atoms with Gasteiger partial charge in [0.2, 0.25) is 0 Å². The van der Waals surface area contributed by atoms with Crippen molar-refractivity contribution in [3.8, 4) is 0 Å². The molecule has 0 heterocycles. The van der Waals surface area contributed by atoms with Gasteiger partial charge < -0.3 is 0 Å². The Balaban J connectivity index is 2.53. The predicted molar refractivity (Wildman–Crippen MR) is 79.7 cm³/mol. The van der Waals surface area contributed by atoms with Gasteiger partial charge in [-0.25, -0.2) is 17.2 Å². The number of benzene rings is 2. The number of nitro benzene ring substituents is 1. The number of halogens is 2. The summed E-state index contributed by atoms with van der Waals surface area (Å²) in [6.07, 6.45) is 0. The molecule has 0 radical (unpaired) electrons. The highest BCUT2D eigenvalue weighted by Gasteiger charge is 2.23. The molecule has 0 bridgehead atoms. The summed E-state index contributed by atoms with van der Waals surface area (Å²) in [6.45, 7) is 3.02. The molecule has 0 aliphatic carbocycles. The minimum atomic E-state index is -4.24. The van der Waals surface area contributed by atoms with E-state index in [-0.39, 0.29) is 16.3 Å². The maximum atomic E-state index is 13.2. The molecule has 0 saturated heterocycles. The minimum Gasteiger partial charge on any atom is -0.279 e. The zero-order valence-electron chi connectivity index (χ0n) is 12.1. The van der Waals surface area contributed by atoms with Crippen molar-refractivity contribution in [2.45, 2.75) is 18.7 Å². The fourth-order valence-electron chi connectivity index (χ4n) is 2.02. The maximum absolute atomic E-state index is 13.2. The zero-order valence-corrected chi connectivity index (χ0v) is 12.9. The summed E-state index contributed by atoms with van der Waals surface area (Å²) < 4.78 is 53.1. The molecule has 23 heavy (non-hydrogen) atoms. The van der Waals surface area contributed by atoms with Gasteiger partial charge in [-0.1, -0.05) is 0 Å². The second-order valence-electron chi connectivity index (χ2n) is 4.91. The molecule has 1 N–H and O–H groups in total. The lowest BCUT2D eigenvalue weighted by Gasteiger charge is -2.12. The SMILES string of the molecule is Cc1cc([N+](=O)[O-])cc(S(=O)(=O)Nc2cc(F)cc(F)c2)c1C. The van der Waals surface area contributed by atoms with Gasteiger partial charge in [-0.3, -0.25) is 14.8 Å². The topological polar surface area (TPSA) is 89.3 Å². The van der Waals surface area contributed by atoms with E-state index in [1.807, 2.05) is 4.72 Å². The Labute approximate surface area is 131 Å². The smallest absolute Gasteiger partial charge is 0.271 e. The number of nitrogens with one attached hydrogen (secondary N) is 1. The van der Waals surface area contributed by atoms with Crippen molar-refractivity contribution in [1.29, 1.82) is 0 Å². The Kier molecular flexibility index (Phi) is 4.33. The van der Waals surface area contributed by atoms with E-state index in [9.17, 15) is 27.3 Å². The van der Waals surface area contributed by atoms with Gasteiger partial charge in [-0.15, -0.1) is 0 Å². The first-order valence-electron chi connectivity index (χ1n) is 6.35. The van der Waals surface area contributed by atoms with E-state index in [2.05, 4.69) is 0 Å². The third-order valence-electron chi connectivity index (χ3n) is 3.22. The van der Waals surface area contributed by atoms with E-state index in [0.717, 1.165) is 18.2 Å². The Bertz CT molecular complexity index is 878. The second kappa shape index (κ2) is 5.92. The van der Waals surface area contributed by atoms with E-state index in [1.165, 1.54) is 19.9 Å². The number of nitro groups is 1. The molecule has 0 amide bonds. The van der Waals surface area contributed by atoms with Crippen LogP contribution in [0.4, 0.5) is 20.2 Å². The molecule has 2 aromatic carbocycles. The van der Waals surface area contributed by atoms with Crippen LogP contribution in [0.1, 0.15) is 11.1 Å². The standard InChI is InChI=1S/C14H12F2N2O4S/c1-8-3-13(18(19)20)7-14(9(8)2)23(21,22)17-12-5-10(15)4-11(16)6-12/h3-7,17H,1-2H3. The van der Waals surface area contributed by atoms with E-state index >= 15 is 0 Å². The third-order valence-corrected chi connectivity index (χ3v) is 4.73. The first-order valence-corrected chi connectivity index (χ1v) is 7.83. The number of anilines is 1. The lowest BCUT2D eigenvalue weighted by molar-refractivity contribution is -0.385. The molecule has 0 atom stereocenters. The van der Waals surface area contributed by atoms with Crippen LogP contribution in [0.2, 0.25) is 0 Å². The van der Waals surface area contributed by atoms with Crippen LogP contribution >= 0.6 is 0 Å². The fraction of sp³-hybridized carbons (Fsp3) is 0.143. The molecule has 0 unspecified atom stereocenters. The van der Waals surface area contributed by atoms with E-state index in [4.69, 9.17) is 0 Å². The molecular formula is C14H12F2N2O4S. The molecule has 0 aromatic heterocycles. The maximum Gasteiger partial charge on any atom is 0.271 e. The van der Waals surface area contributed by atoms with Gasteiger partial charge in [0.25, 0.3) is 15.7 Å². The molecule has 0 saturated carbocycles. The number of nitrogens with zero attached hydrogens (tertiary/aromatic N) is 1. The Morgan fingerprint density at radius 3 is 2.13 bits per heavy atom. The molecule has 2 rings (SSSR count). The molecule has 0 aliphatic rings. The molecule has 6 nitrogen and oxygen atoms in total. The van der Waals surface area contributed by atoms with Gasteiger partial charge in [0.05, 0.1) is 15.5 Å². The van der Waals surface area contributed by atoms with Gasteiger partial charge in [0, 0.05) is 18.2 Å². The van der Waals surface area contributed by atoms with Crippen LogP contribution in [-0.2, 0) is 10.0 Å². The monoisotopic (exact) mass is 342 g/mol. The highest BCUT2D eigenvalue weighted by molar-refractivity contribution is 7.92. The van der Waals surface area contributed by atoms with Crippen molar-refractivity contribution < 1.29 is 22.1 Å². The summed E-state index contributed by atoms with van der Waals surface area (Å²) in [7, 11) is -4.24. The van der Waals surface area contributed by atoms with Crippen molar-refractivity contribution in [2.75, 3.05) is 4.72 Å². The van der Waals surface area contributed by atoms with Crippen LogP contribution in [-0.4, -0.2) is 13.3 Å². The normalized spacial score (nSPS) is 11.3. The number of non-ortho nitro benzene ring substituents is 1. The van der Waals surface area contributed by atoms with Gasteiger partial charge in [0.15, 0.2) is 0 Å². The first kappa shape index (κ1) is 16.8. The van der Waals surface area contributed by atoms with Gasteiger partial charge in [0.1, 0.15) is 11.6 Å². The van der Waals surface area contributed by atoms with E-state index in [0.29, 0.717) is 17.2 Å². The van der Waals surface area contributed by atoms with Gasteiger partial charge in [-0.2, -0.15) is 0 Å². The fourth-order valence-corrected chi connectivity index (χ4v) is 3.39. The second-order valence-corrected chi connectivity index (χ2v) is 6.56. The van der Waals surface area contributed by atoms with Crippen molar-refractivity contribution in [3.05, 3.63) is 63.2 Å². The lowest BCUT2D eigenvalue weighted by atomic mass is 10.1. The molecule has 0 spiro atoms. The van der Waals surface area contributed by atoms with Gasteiger partial charge >= 0.3 is 0 Å². The van der Waals surface area contributed by atoms with Crippen molar-refractivity contribution in [3.63, 3.8) is 0 Å². The Morgan fingerprint density at radius 2 is 1.61 bits per heavy atom. The summed E-state index contributed by atoms with van der Waals surface area (Å²) >= 11 is 0. The van der Waals surface area contributed by atoms with Crippen LogP contribution < -0.4 is 4.72 Å².